The summed E-state index contributed by atoms with van der Waals surface area (Å²) in [5, 5.41) is 6.54. The van der Waals surface area contributed by atoms with Crippen LogP contribution in [0.2, 0.25) is 0 Å². The zero-order valence-electron chi connectivity index (χ0n) is 14.2. The fraction of sp³-hybridized carbons (Fsp3) is 0.286. The molecule has 1 aliphatic heterocycles. The van der Waals surface area contributed by atoms with Crippen LogP contribution in [0.15, 0.2) is 60.1 Å². The molecule has 0 aliphatic carbocycles. The molecule has 4 rings (SSSR count). The van der Waals surface area contributed by atoms with E-state index in [4.69, 9.17) is 4.74 Å². The van der Waals surface area contributed by atoms with Gasteiger partial charge in [-0.05, 0) is 49.1 Å². The first kappa shape index (κ1) is 16.3. The molecule has 25 heavy (non-hydrogen) atoms. The van der Waals surface area contributed by atoms with Crippen molar-refractivity contribution >= 4 is 11.3 Å². The van der Waals surface area contributed by atoms with Crippen molar-refractivity contribution in [2.24, 2.45) is 0 Å². The summed E-state index contributed by atoms with van der Waals surface area (Å²) in [5.74, 6) is 0.955. The van der Waals surface area contributed by atoms with Crippen molar-refractivity contribution in [1.82, 2.24) is 10.3 Å². The van der Waals surface area contributed by atoms with Crippen molar-refractivity contribution in [2.75, 3.05) is 13.2 Å². The number of hydrogen-bond acceptors (Lipinski definition) is 4. The highest BCUT2D eigenvalue weighted by atomic mass is 32.1. The van der Waals surface area contributed by atoms with Crippen LogP contribution in [0.25, 0.3) is 10.6 Å². The molecule has 3 aromatic rings. The highest BCUT2D eigenvalue weighted by Crippen LogP contribution is 2.23. The molecule has 1 aliphatic rings. The normalized spacial score (nSPS) is 16.9. The second-order valence-electron chi connectivity index (χ2n) is 6.46. The van der Waals surface area contributed by atoms with Gasteiger partial charge in [0.05, 0.1) is 0 Å². The average molecular weight is 350 g/mol. The van der Waals surface area contributed by atoms with Gasteiger partial charge < -0.3 is 10.1 Å². The zero-order valence-corrected chi connectivity index (χ0v) is 15.0. The number of nitrogens with zero attached hydrogens (tertiary/aromatic N) is 1. The Bertz CT molecular complexity index is 776. The predicted molar refractivity (Wildman–Crippen MR) is 103 cm³/mol. The lowest BCUT2D eigenvalue weighted by Crippen LogP contribution is -2.28. The number of aromatic nitrogens is 1. The summed E-state index contributed by atoms with van der Waals surface area (Å²) < 4.78 is 5.88. The zero-order chi connectivity index (χ0) is 16.9. The molecule has 1 atom stereocenters. The third-order valence-electron chi connectivity index (χ3n) is 4.58. The Labute approximate surface area is 152 Å². The Morgan fingerprint density at radius 2 is 1.80 bits per heavy atom. The molecule has 0 radical (unpaired) electrons. The third-order valence-corrected chi connectivity index (χ3v) is 5.40. The second kappa shape index (κ2) is 7.81. The van der Waals surface area contributed by atoms with E-state index in [9.17, 15) is 0 Å². The van der Waals surface area contributed by atoms with Gasteiger partial charge in [-0.25, -0.2) is 4.98 Å². The fourth-order valence-corrected chi connectivity index (χ4v) is 3.81. The van der Waals surface area contributed by atoms with Gasteiger partial charge in [0.25, 0.3) is 0 Å². The lowest BCUT2D eigenvalue weighted by atomic mass is 10.0. The number of nitrogens with one attached hydrogen (secondary N) is 1. The molecule has 1 saturated heterocycles. The molecule has 0 spiro atoms. The maximum Gasteiger partial charge on any atom is 0.123 e. The van der Waals surface area contributed by atoms with Gasteiger partial charge in [-0.1, -0.05) is 36.4 Å². The van der Waals surface area contributed by atoms with E-state index in [0.717, 1.165) is 30.3 Å². The largest absolute Gasteiger partial charge is 0.492 e. The van der Waals surface area contributed by atoms with Crippen molar-refractivity contribution < 1.29 is 4.74 Å². The minimum atomic E-state index is 0.510. The van der Waals surface area contributed by atoms with Crippen LogP contribution in [0.3, 0.4) is 0 Å². The molecule has 3 nitrogen and oxygen atoms in total. The van der Waals surface area contributed by atoms with Crippen LogP contribution < -0.4 is 10.1 Å². The Morgan fingerprint density at radius 1 is 1.04 bits per heavy atom. The van der Waals surface area contributed by atoms with Gasteiger partial charge in [-0.3, -0.25) is 0 Å². The summed E-state index contributed by atoms with van der Waals surface area (Å²) >= 11 is 1.67. The van der Waals surface area contributed by atoms with E-state index in [1.54, 1.807) is 11.3 Å². The van der Waals surface area contributed by atoms with Gasteiger partial charge in [-0.15, -0.1) is 11.3 Å². The maximum absolute atomic E-state index is 5.88. The molecule has 128 valence electrons. The monoisotopic (exact) mass is 350 g/mol. The molecule has 0 unspecified atom stereocenters. The summed E-state index contributed by atoms with van der Waals surface area (Å²) in [5.41, 5.74) is 3.79. The van der Waals surface area contributed by atoms with Gasteiger partial charge in [0.15, 0.2) is 0 Å². The molecular weight excluding hydrogens is 328 g/mol. The van der Waals surface area contributed by atoms with Gasteiger partial charge in [0, 0.05) is 23.2 Å². The van der Waals surface area contributed by atoms with E-state index in [-0.39, 0.29) is 0 Å². The number of rotatable bonds is 6. The highest BCUT2D eigenvalue weighted by Gasteiger charge is 2.14. The van der Waals surface area contributed by atoms with E-state index in [1.807, 2.05) is 11.6 Å². The third kappa shape index (κ3) is 4.27. The predicted octanol–water partition coefficient (Wildman–Crippen LogP) is 4.53. The van der Waals surface area contributed by atoms with Crippen LogP contribution in [0.4, 0.5) is 0 Å². The topological polar surface area (TPSA) is 34.1 Å². The quantitative estimate of drug-likeness (QED) is 0.709. The summed E-state index contributed by atoms with van der Waals surface area (Å²) in [6.45, 7) is 1.88. The minimum absolute atomic E-state index is 0.510. The molecule has 0 bridgehead atoms. The van der Waals surface area contributed by atoms with Crippen LogP contribution in [0, 0.1) is 0 Å². The lowest BCUT2D eigenvalue weighted by Gasteiger charge is -2.12. The van der Waals surface area contributed by atoms with Crippen molar-refractivity contribution in [1.29, 1.82) is 0 Å². The first-order valence-corrected chi connectivity index (χ1v) is 9.69. The van der Waals surface area contributed by atoms with Crippen LogP contribution in [0.5, 0.6) is 5.75 Å². The Balaban J connectivity index is 1.34. The molecule has 2 aromatic carbocycles. The SMILES string of the molecule is c1csc(-c2ccc(Cc3ccc(OC[C@H]4CCCN4)cc3)cc2)n1. The average Bonchev–Trinajstić information content (AvgIpc) is 3.36. The molecule has 4 heteroatoms. The van der Waals surface area contributed by atoms with Crippen molar-refractivity contribution in [3.63, 3.8) is 0 Å². The summed E-state index contributed by atoms with van der Waals surface area (Å²) in [6, 6.07) is 17.7. The Kier molecular flexibility index (Phi) is 5.09. The van der Waals surface area contributed by atoms with Crippen molar-refractivity contribution in [2.45, 2.75) is 25.3 Å². The van der Waals surface area contributed by atoms with Gasteiger partial charge in [0.2, 0.25) is 0 Å². The van der Waals surface area contributed by atoms with Crippen molar-refractivity contribution in [3.8, 4) is 16.3 Å². The first-order chi connectivity index (χ1) is 12.4. The van der Waals surface area contributed by atoms with E-state index < -0.39 is 0 Å². The van der Waals surface area contributed by atoms with E-state index in [1.165, 1.54) is 29.5 Å². The maximum atomic E-state index is 5.88. The van der Waals surface area contributed by atoms with Gasteiger partial charge in [-0.2, -0.15) is 0 Å². The van der Waals surface area contributed by atoms with E-state index in [0.29, 0.717) is 6.04 Å². The Morgan fingerprint density at radius 3 is 2.44 bits per heavy atom. The van der Waals surface area contributed by atoms with Crippen molar-refractivity contribution in [3.05, 3.63) is 71.2 Å². The number of thiazole rings is 1. The summed E-state index contributed by atoms with van der Waals surface area (Å²) in [4.78, 5) is 4.36. The molecule has 1 fully saturated rings. The van der Waals surface area contributed by atoms with Crippen LogP contribution in [-0.2, 0) is 6.42 Å². The first-order valence-electron chi connectivity index (χ1n) is 8.81. The highest BCUT2D eigenvalue weighted by molar-refractivity contribution is 7.13. The lowest BCUT2D eigenvalue weighted by molar-refractivity contribution is 0.277. The molecular formula is C21H22N2OS. The summed E-state index contributed by atoms with van der Waals surface area (Å²) in [6.07, 6.45) is 5.26. The minimum Gasteiger partial charge on any atom is -0.492 e. The molecule has 1 N–H and O–H groups in total. The Hall–Kier alpha value is -2.17. The number of benzene rings is 2. The van der Waals surface area contributed by atoms with Crippen LogP contribution in [-0.4, -0.2) is 24.2 Å². The standard InChI is InChI=1S/C21H22N2OS/c1-2-19(22-11-1)15-24-20-9-5-17(6-10-20)14-16-3-7-18(8-4-16)21-23-12-13-25-21/h3-10,12-13,19,22H,1-2,11,14-15H2/t19-/m1/s1. The fourth-order valence-electron chi connectivity index (χ4n) is 3.17. The van der Waals surface area contributed by atoms with Gasteiger partial charge in [0.1, 0.15) is 17.4 Å². The van der Waals surface area contributed by atoms with E-state index in [2.05, 4.69) is 58.8 Å². The smallest absolute Gasteiger partial charge is 0.123 e. The summed E-state index contributed by atoms with van der Waals surface area (Å²) in [7, 11) is 0. The second-order valence-corrected chi connectivity index (χ2v) is 7.35. The van der Waals surface area contributed by atoms with Crippen LogP contribution in [0.1, 0.15) is 24.0 Å². The number of ether oxygens (including phenoxy) is 1. The van der Waals surface area contributed by atoms with E-state index >= 15 is 0 Å². The number of hydrogen-bond donors (Lipinski definition) is 1. The molecule has 1 aromatic heterocycles. The molecule has 2 heterocycles. The van der Waals surface area contributed by atoms with Crippen LogP contribution >= 0.6 is 11.3 Å². The molecule has 0 saturated carbocycles. The van der Waals surface area contributed by atoms with Gasteiger partial charge >= 0.3 is 0 Å². The molecule has 0 amide bonds.